The molecule has 0 atom stereocenters. The third kappa shape index (κ3) is 4.30. The van der Waals surface area contributed by atoms with Crippen LogP contribution in [-0.2, 0) is 21.9 Å². The molecule has 11 nitrogen and oxygen atoms in total. The zero-order chi connectivity index (χ0) is 23.3. The van der Waals surface area contributed by atoms with Gasteiger partial charge in [-0.3, -0.25) is 14.8 Å². The Bertz CT molecular complexity index is 1320. The molecule has 0 radical (unpaired) electrons. The molecule has 1 saturated carbocycles. The molecular formula is C20H25ClN8O3S. The van der Waals surface area contributed by atoms with Gasteiger partial charge in [-0.05, 0) is 44.7 Å². The highest BCUT2D eigenvalue weighted by molar-refractivity contribution is 7.89. The number of carbonyl (C=O) groups excluding carboxylic acids is 1. The van der Waals surface area contributed by atoms with Crippen LogP contribution < -0.4 is 14.9 Å². The Kier molecular flexibility index (Phi) is 5.53. The first-order chi connectivity index (χ1) is 15.7. The van der Waals surface area contributed by atoms with E-state index in [1.54, 1.807) is 18.5 Å². The van der Waals surface area contributed by atoms with Crippen LogP contribution >= 0.6 is 11.6 Å². The molecule has 1 amide bonds. The number of hydrogen-bond donors (Lipinski definition) is 2. The average molecular weight is 493 g/mol. The summed E-state index contributed by atoms with van der Waals surface area (Å²) in [5.74, 6) is 1.18. The van der Waals surface area contributed by atoms with Crippen LogP contribution in [0.3, 0.4) is 0 Å². The Balaban J connectivity index is 1.28. The lowest BCUT2D eigenvalue weighted by Gasteiger charge is -2.33. The van der Waals surface area contributed by atoms with E-state index in [0.717, 1.165) is 18.7 Å². The minimum Gasteiger partial charge on any atom is -0.356 e. The smallest absolute Gasteiger partial charge is 0.249 e. The first-order valence-electron chi connectivity index (χ1n) is 10.9. The fourth-order valence-corrected chi connectivity index (χ4v) is 6.22. The Labute approximate surface area is 196 Å². The predicted octanol–water partition coefficient (Wildman–Crippen LogP) is 1.72. The van der Waals surface area contributed by atoms with Crippen molar-refractivity contribution in [3.8, 4) is 0 Å². The third-order valence-electron chi connectivity index (χ3n) is 6.03. The average Bonchev–Trinajstić information content (AvgIpc) is 3.47. The first-order valence-corrected chi connectivity index (χ1v) is 12.7. The second-order valence-corrected chi connectivity index (χ2v) is 10.6. The number of aryl methyl sites for hydroxylation is 2. The van der Waals surface area contributed by atoms with Crippen molar-refractivity contribution in [2.45, 2.75) is 43.5 Å². The van der Waals surface area contributed by atoms with Crippen LogP contribution in [0.4, 0.5) is 11.8 Å². The van der Waals surface area contributed by atoms with E-state index >= 15 is 0 Å². The molecule has 3 aromatic rings. The van der Waals surface area contributed by atoms with E-state index in [4.69, 9.17) is 11.6 Å². The molecule has 2 N–H and O–H groups in total. The van der Waals surface area contributed by atoms with Crippen molar-refractivity contribution >= 4 is 44.9 Å². The summed E-state index contributed by atoms with van der Waals surface area (Å²) in [7, 11) is -2.17. The van der Waals surface area contributed by atoms with E-state index < -0.39 is 10.0 Å². The van der Waals surface area contributed by atoms with Gasteiger partial charge in [0.05, 0.1) is 5.69 Å². The van der Waals surface area contributed by atoms with Crippen LogP contribution in [0, 0.1) is 12.8 Å². The molecule has 5 rings (SSSR count). The van der Waals surface area contributed by atoms with Crippen molar-refractivity contribution in [2.24, 2.45) is 13.0 Å². The maximum atomic E-state index is 12.9. The Morgan fingerprint density at radius 2 is 1.88 bits per heavy atom. The predicted molar refractivity (Wildman–Crippen MR) is 123 cm³/mol. The van der Waals surface area contributed by atoms with Gasteiger partial charge in [-0.25, -0.2) is 13.1 Å². The molecule has 4 heterocycles. The molecule has 33 heavy (non-hydrogen) atoms. The van der Waals surface area contributed by atoms with E-state index in [1.807, 2.05) is 18.2 Å². The summed E-state index contributed by atoms with van der Waals surface area (Å²) in [6.45, 7) is 2.90. The van der Waals surface area contributed by atoms with E-state index in [9.17, 15) is 13.2 Å². The highest BCUT2D eigenvalue weighted by Gasteiger charge is 2.31. The quantitative estimate of drug-likeness (QED) is 0.536. The van der Waals surface area contributed by atoms with Gasteiger partial charge >= 0.3 is 0 Å². The van der Waals surface area contributed by atoms with Crippen LogP contribution in [0.5, 0.6) is 0 Å². The maximum absolute atomic E-state index is 12.9. The molecule has 2 aliphatic rings. The number of anilines is 2. The lowest BCUT2D eigenvalue weighted by atomic mass is 10.1. The maximum Gasteiger partial charge on any atom is 0.249 e. The van der Waals surface area contributed by atoms with Gasteiger partial charge in [0.1, 0.15) is 15.9 Å². The van der Waals surface area contributed by atoms with E-state index in [-0.39, 0.29) is 27.9 Å². The molecule has 1 saturated heterocycles. The largest absolute Gasteiger partial charge is 0.356 e. The van der Waals surface area contributed by atoms with Crippen LogP contribution in [0.15, 0.2) is 23.1 Å². The number of amides is 1. The van der Waals surface area contributed by atoms with E-state index in [0.29, 0.717) is 43.2 Å². The number of sulfonamides is 1. The molecule has 0 unspecified atom stereocenters. The monoisotopic (exact) mass is 492 g/mol. The Morgan fingerprint density at radius 3 is 2.52 bits per heavy atom. The lowest BCUT2D eigenvalue weighted by Crippen LogP contribution is -2.45. The summed E-state index contributed by atoms with van der Waals surface area (Å²) >= 11 is 6.16. The van der Waals surface area contributed by atoms with Gasteiger partial charge in [-0.1, -0.05) is 17.7 Å². The number of hydrogen-bond acceptors (Lipinski definition) is 7. The van der Waals surface area contributed by atoms with E-state index in [2.05, 4.69) is 30.1 Å². The van der Waals surface area contributed by atoms with Crippen molar-refractivity contribution in [3.05, 3.63) is 29.0 Å². The van der Waals surface area contributed by atoms with Gasteiger partial charge in [-0.15, -0.1) is 5.10 Å². The van der Waals surface area contributed by atoms with Crippen LogP contribution in [-0.4, -0.2) is 57.8 Å². The van der Waals surface area contributed by atoms with Gasteiger partial charge in [0.2, 0.25) is 21.9 Å². The summed E-state index contributed by atoms with van der Waals surface area (Å²) in [5.41, 5.74) is 1.01. The van der Waals surface area contributed by atoms with Gasteiger partial charge in [-0.2, -0.15) is 14.6 Å². The number of carbonyl (C=O) groups is 1. The van der Waals surface area contributed by atoms with Gasteiger partial charge in [0, 0.05) is 32.1 Å². The van der Waals surface area contributed by atoms with Gasteiger partial charge < -0.3 is 4.90 Å². The van der Waals surface area contributed by atoms with Gasteiger partial charge in [0.15, 0.2) is 5.65 Å². The van der Waals surface area contributed by atoms with Crippen molar-refractivity contribution < 1.29 is 13.2 Å². The number of aromatic nitrogens is 5. The molecule has 1 aliphatic heterocycles. The summed E-state index contributed by atoms with van der Waals surface area (Å²) in [5, 5.41) is 11.5. The summed E-state index contributed by atoms with van der Waals surface area (Å²) < 4.78 is 31.7. The Morgan fingerprint density at radius 1 is 1.15 bits per heavy atom. The molecule has 1 aliphatic carbocycles. The van der Waals surface area contributed by atoms with Crippen LogP contribution in [0.25, 0.3) is 5.65 Å². The molecular weight excluding hydrogens is 468 g/mol. The lowest BCUT2D eigenvalue weighted by molar-refractivity contribution is -0.117. The molecule has 3 aromatic heterocycles. The standard InChI is InChI=1S/C20H25ClN8O3S/c1-12-17(18(21)27(2)24-12)33(31,32)26-14-8-10-28(11-9-14)16-5-3-4-15-22-20(25-29(15)16)23-19(30)13-6-7-13/h3-5,13-14,26H,6-11H2,1-2H3,(H,23,25,30). The summed E-state index contributed by atoms with van der Waals surface area (Å²) in [4.78, 5) is 18.6. The summed E-state index contributed by atoms with van der Waals surface area (Å²) in [6.07, 6.45) is 3.06. The molecule has 0 spiro atoms. The molecule has 0 bridgehead atoms. The minimum atomic E-state index is -3.78. The number of nitrogens with zero attached hydrogens (tertiary/aromatic N) is 6. The van der Waals surface area contributed by atoms with Crippen molar-refractivity contribution in [3.63, 3.8) is 0 Å². The topological polar surface area (TPSA) is 127 Å². The van der Waals surface area contributed by atoms with E-state index in [1.165, 1.54) is 4.68 Å². The van der Waals surface area contributed by atoms with Crippen LogP contribution in [0.1, 0.15) is 31.4 Å². The zero-order valence-corrected chi connectivity index (χ0v) is 19.9. The number of pyridine rings is 1. The molecule has 13 heteroatoms. The highest BCUT2D eigenvalue weighted by Crippen LogP contribution is 2.30. The number of piperidine rings is 1. The Hall–Kier alpha value is -2.70. The van der Waals surface area contributed by atoms with Crippen molar-refractivity contribution in [1.29, 1.82) is 0 Å². The number of fused-ring (bicyclic) bond motifs is 1. The normalized spacial score (nSPS) is 17.6. The minimum absolute atomic E-state index is 0.0299. The van der Waals surface area contributed by atoms with Gasteiger partial charge in [0.25, 0.3) is 0 Å². The second-order valence-electron chi connectivity index (χ2n) is 8.56. The van der Waals surface area contributed by atoms with Crippen LogP contribution in [0.2, 0.25) is 5.15 Å². The summed E-state index contributed by atoms with van der Waals surface area (Å²) in [6, 6.07) is 5.46. The van der Waals surface area contributed by atoms with Crippen molar-refractivity contribution in [2.75, 3.05) is 23.3 Å². The van der Waals surface area contributed by atoms with Crippen molar-refractivity contribution in [1.82, 2.24) is 29.1 Å². The number of halogens is 1. The zero-order valence-electron chi connectivity index (χ0n) is 18.3. The number of nitrogens with one attached hydrogen (secondary N) is 2. The fourth-order valence-electron chi connectivity index (χ4n) is 4.16. The molecule has 0 aromatic carbocycles. The number of rotatable bonds is 6. The molecule has 176 valence electrons. The second kappa shape index (κ2) is 8.26. The highest BCUT2D eigenvalue weighted by atomic mass is 35.5. The first kappa shape index (κ1) is 22.1. The molecule has 2 fully saturated rings. The third-order valence-corrected chi connectivity index (χ3v) is 8.25. The SMILES string of the molecule is Cc1nn(C)c(Cl)c1S(=O)(=O)NC1CCN(c2cccc3nc(NC(=O)C4CC4)nn23)CC1. The fraction of sp³-hybridized carbons (Fsp3) is 0.500.